The molecule has 13 aromatic rings. The average Bonchev–Trinajstić information content (AvgIpc) is 3.39. The number of hydrogen-bond donors (Lipinski definition) is 0. The van der Waals surface area contributed by atoms with E-state index in [0.717, 1.165) is 77.7 Å². The second-order valence-electron chi connectivity index (χ2n) is 19.4. The van der Waals surface area contributed by atoms with Crippen LogP contribution in [-0.4, -0.2) is 9.97 Å². The van der Waals surface area contributed by atoms with Gasteiger partial charge in [0.25, 0.3) is 0 Å². The first-order chi connectivity index (χ1) is 35.3. The number of para-hydroxylation sites is 2. The zero-order chi connectivity index (χ0) is 48.5. The summed E-state index contributed by atoms with van der Waals surface area (Å²) in [5, 5.41) is 11.7. The van der Waals surface area contributed by atoms with Crippen molar-refractivity contribution in [1.29, 1.82) is 0 Å². The summed E-state index contributed by atoms with van der Waals surface area (Å²) in [6.45, 7) is 8.71. The molecule has 11 aromatic carbocycles. The molecule has 72 heavy (non-hydrogen) atoms. The molecule has 13 rings (SSSR count). The number of fused-ring (bicyclic) bond motifs is 6. The van der Waals surface area contributed by atoms with Crippen molar-refractivity contribution in [3.63, 3.8) is 0 Å². The van der Waals surface area contributed by atoms with Crippen molar-refractivity contribution >= 4 is 99.3 Å². The fourth-order valence-electron chi connectivity index (χ4n) is 11.3. The molecule has 0 spiro atoms. The molecular weight excluding hydrogens is 873 g/mol. The lowest BCUT2D eigenvalue weighted by atomic mass is 9.83. The quantitative estimate of drug-likeness (QED) is 0.142. The minimum absolute atomic E-state index is 0.859. The molecule has 4 nitrogen and oxygen atoms in total. The third kappa shape index (κ3) is 7.48. The molecule has 342 valence electrons. The van der Waals surface area contributed by atoms with E-state index in [2.05, 4.69) is 268 Å². The molecule has 0 fully saturated rings. The summed E-state index contributed by atoms with van der Waals surface area (Å²) in [7, 11) is 0. The maximum Gasteiger partial charge on any atom is 0.138 e. The Bertz CT molecular complexity index is 3980. The molecule has 0 saturated heterocycles. The fourth-order valence-corrected chi connectivity index (χ4v) is 11.3. The maximum absolute atomic E-state index is 5.36. The number of aromatic nitrogens is 2. The predicted octanol–water partition coefficient (Wildman–Crippen LogP) is 18.9. The Morgan fingerprint density at radius 3 is 1.07 bits per heavy atom. The van der Waals surface area contributed by atoms with Crippen LogP contribution in [0.15, 0.2) is 231 Å². The molecule has 0 bridgehead atoms. The van der Waals surface area contributed by atoms with Gasteiger partial charge < -0.3 is 0 Å². The van der Waals surface area contributed by atoms with Gasteiger partial charge in [-0.3, -0.25) is 9.80 Å². The van der Waals surface area contributed by atoms with E-state index in [0.29, 0.717) is 0 Å². The molecule has 0 radical (unpaired) electrons. The third-order valence-electron chi connectivity index (χ3n) is 14.3. The van der Waals surface area contributed by atoms with Gasteiger partial charge in [-0.25, -0.2) is 9.97 Å². The molecule has 0 amide bonds. The Kier molecular flexibility index (Phi) is 10.4. The van der Waals surface area contributed by atoms with Gasteiger partial charge in [-0.1, -0.05) is 146 Å². The Morgan fingerprint density at radius 1 is 0.264 bits per heavy atom. The molecule has 2 aromatic heterocycles. The van der Waals surface area contributed by atoms with Crippen LogP contribution in [0.2, 0.25) is 0 Å². The number of benzene rings is 11. The van der Waals surface area contributed by atoms with Gasteiger partial charge in [-0.05, 0) is 200 Å². The van der Waals surface area contributed by atoms with Crippen LogP contribution in [0, 0.1) is 27.7 Å². The molecule has 0 aliphatic heterocycles. The van der Waals surface area contributed by atoms with Crippen LogP contribution in [0.5, 0.6) is 0 Å². The summed E-state index contributed by atoms with van der Waals surface area (Å²) in [6.07, 6.45) is 0. The van der Waals surface area contributed by atoms with Crippen LogP contribution in [0.1, 0.15) is 22.3 Å². The van der Waals surface area contributed by atoms with Gasteiger partial charge in [0.2, 0.25) is 0 Å². The summed E-state index contributed by atoms with van der Waals surface area (Å²) < 4.78 is 0. The average molecular weight is 923 g/mol. The number of rotatable bonds is 8. The molecule has 4 heteroatoms. The van der Waals surface area contributed by atoms with E-state index in [-0.39, 0.29) is 0 Å². The smallest absolute Gasteiger partial charge is 0.138 e. The van der Waals surface area contributed by atoms with Crippen LogP contribution in [0.4, 0.5) is 34.4 Å². The lowest BCUT2D eigenvalue weighted by Gasteiger charge is -2.28. The number of hydrogen-bond acceptors (Lipinski definition) is 4. The minimum Gasteiger partial charge on any atom is -0.295 e. The molecule has 0 aliphatic carbocycles. The van der Waals surface area contributed by atoms with Gasteiger partial charge in [-0.15, -0.1) is 0 Å². The Morgan fingerprint density at radius 2 is 0.639 bits per heavy atom. The van der Waals surface area contributed by atoms with E-state index < -0.39 is 0 Å². The summed E-state index contributed by atoms with van der Waals surface area (Å²) in [5.74, 6) is 1.72. The van der Waals surface area contributed by atoms with Crippen LogP contribution >= 0.6 is 0 Å². The van der Waals surface area contributed by atoms with Gasteiger partial charge in [0.15, 0.2) is 0 Å². The largest absolute Gasteiger partial charge is 0.295 e. The van der Waals surface area contributed by atoms with E-state index in [9.17, 15) is 0 Å². The second kappa shape index (κ2) is 17.4. The molecule has 2 heterocycles. The Balaban J connectivity index is 1.17. The predicted molar refractivity (Wildman–Crippen MR) is 306 cm³/mol. The highest BCUT2D eigenvalue weighted by Gasteiger charge is 2.25. The zero-order valence-electron chi connectivity index (χ0n) is 40.7. The molecule has 0 aliphatic rings. The van der Waals surface area contributed by atoms with Gasteiger partial charge >= 0.3 is 0 Å². The van der Waals surface area contributed by atoms with Gasteiger partial charge in [-0.2, -0.15) is 0 Å². The van der Waals surface area contributed by atoms with E-state index >= 15 is 0 Å². The van der Waals surface area contributed by atoms with Crippen LogP contribution in [0.3, 0.4) is 0 Å². The SMILES string of the molecule is Cc1cc(C)cc(N(c2ccc3c(-c4cccc5ccccc45)c4cc(N(c5cc(C)cc(C)c5)c5ccc6ccccc6n5)ccc4c(-c4cccc5ccccc45)c3c2)c2ccc3ccccc3n2)c1. The Hall–Kier alpha value is -9.12. The van der Waals surface area contributed by atoms with Crippen molar-refractivity contribution < 1.29 is 0 Å². The van der Waals surface area contributed by atoms with Gasteiger partial charge in [0, 0.05) is 33.5 Å². The molecule has 0 unspecified atom stereocenters. The third-order valence-corrected chi connectivity index (χ3v) is 14.3. The molecular formula is C68H50N4. The lowest BCUT2D eigenvalue weighted by Crippen LogP contribution is -2.12. The normalized spacial score (nSPS) is 11.6. The lowest BCUT2D eigenvalue weighted by molar-refractivity contribution is 1.20. The highest BCUT2D eigenvalue weighted by molar-refractivity contribution is 6.26. The van der Waals surface area contributed by atoms with E-state index in [1.165, 1.54) is 66.1 Å². The minimum atomic E-state index is 0.859. The van der Waals surface area contributed by atoms with Crippen LogP contribution in [0.25, 0.3) is 87.1 Å². The first-order valence-electron chi connectivity index (χ1n) is 24.8. The maximum atomic E-state index is 5.36. The number of pyridine rings is 2. The summed E-state index contributed by atoms with van der Waals surface area (Å²) in [4.78, 5) is 15.4. The van der Waals surface area contributed by atoms with Crippen molar-refractivity contribution in [2.75, 3.05) is 9.80 Å². The highest BCUT2D eigenvalue weighted by atomic mass is 15.2. The monoisotopic (exact) mass is 922 g/mol. The van der Waals surface area contributed by atoms with Crippen LogP contribution in [-0.2, 0) is 0 Å². The van der Waals surface area contributed by atoms with E-state index in [4.69, 9.17) is 9.97 Å². The van der Waals surface area contributed by atoms with Gasteiger partial charge in [0.05, 0.1) is 11.0 Å². The number of anilines is 6. The topological polar surface area (TPSA) is 32.3 Å². The summed E-state index contributed by atoms with van der Waals surface area (Å²) >= 11 is 0. The van der Waals surface area contributed by atoms with Crippen molar-refractivity contribution in [2.45, 2.75) is 27.7 Å². The number of nitrogens with zero attached hydrogens (tertiary/aromatic N) is 4. The molecule has 0 atom stereocenters. The summed E-state index contributed by atoms with van der Waals surface area (Å²) in [5.41, 5.74) is 15.6. The molecule has 0 N–H and O–H groups in total. The van der Waals surface area contributed by atoms with E-state index in [1.807, 2.05) is 0 Å². The van der Waals surface area contributed by atoms with Crippen molar-refractivity contribution in [1.82, 2.24) is 9.97 Å². The summed E-state index contributed by atoms with van der Waals surface area (Å²) in [6, 6.07) is 84.3. The first kappa shape index (κ1) is 42.9. The number of aryl methyl sites for hydroxylation is 4. The highest BCUT2D eigenvalue weighted by Crippen LogP contribution is 2.50. The fraction of sp³-hybridized carbons (Fsp3) is 0.0588. The zero-order valence-corrected chi connectivity index (χ0v) is 40.7. The van der Waals surface area contributed by atoms with Crippen molar-refractivity contribution in [3.05, 3.63) is 253 Å². The first-order valence-corrected chi connectivity index (χ1v) is 24.8. The van der Waals surface area contributed by atoms with Crippen molar-refractivity contribution in [2.24, 2.45) is 0 Å². The van der Waals surface area contributed by atoms with E-state index in [1.54, 1.807) is 0 Å². The standard InChI is InChI=1S/C68H50N4/c1-43-35-44(2)38-53(37-43)71(65-33-27-49-17-7-11-25-63(49)69-65)51-29-31-59-61(41-51)67(57-23-13-19-47-15-5-9-21-55(47)57)60-32-30-52(42-62(60)68(59)58-24-14-20-48-16-6-10-22-56(48)58)72(54-39-45(3)36-46(4)40-54)66-34-28-50-18-8-12-26-64(50)70-66/h5-42H,1-4H3. The Labute approximate surface area is 419 Å². The van der Waals surface area contributed by atoms with Crippen molar-refractivity contribution in [3.8, 4) is 22.3 Å². The van der Waals surface area contributed by atoms with Gasteiger partial charge in [0.1, 0.15) is 11.6 Å². The second-order valence-corrected chi connectivity index (χ2v) is 19.4. The van der Waals surface area contributed by atoms with Crippen LogP contribution < -0.4 is 9.80 Å². The molecule has 0 saturated carbocycles.